The number of rotatable bonds is 5. The smallest absolute Gasteiger partial charge is 0.256 e. The minimum atomic E-state index is -0.193. The molecule has 7 heteroatoms. The number of nitrogens with zero attached hydrogens (tertiary/aromatic N) is 3. The fourth-order valence-electron chi connectivity index (χ4n) is 2.10. The first-order valence-corrected chi connectivity index (χ1v) is 7.40. The Bertz CT molecular complexity index is 669. The fraction of sp³-hybridized carbons (Fsp3) is 0.214. The van der Waals surface area contributed by atoms with Crippen LogP contribution >= 0.6 is 11.3 Å². The van der Waals surface area contributed by atoms with E-state index in [1.807, 2.05) is 28.4 Å². The molecular formula is C14H14N4O2S. The van der Waals surface area contributed by atoms with E-state index >= 15 is 0 Å². The van der Waals surface area contributed by atoms with Crippen LogP contribution in [0, 0.1) is 6.92 Å². The van der Waals surface area contributed by atoms with Gasteiger partial charge in [0.1, 0.15) is 11.3 Å². The quantitative estimate of drug-likeness (QED) is 0.784. The second kappa shape index (κ2) is 5.92. The molecule has 1 amide bonds. The highest BCUT2D eigenvalue weighted by molar-refractivity contribution is 7.07. The summed E-state index contributed by atoms with van der Waals surface area (Å²) in [6.45, 7) is 2.16. The van der Waals surface area contributed by atoms with Crippen LogP contribution in [0.2, 0.25) is 0 Å². The number of aryl methyl sites for hydroxylation is 1. The molecule has 0 aliphatic carbocycles. The van der Waals surface area contributed by atoms with Crippen molar-refractivity contribution in [3.8, 4) is 0 Å². The zero-order valence-electron chi connectivity index (χ0n) is 11.4. The Kier molecular flexibility index (Phi) is 3.83. The summed E-state index contributed by atoms with van der Waals surface area (Å²) in [5, 5.41) is 14.9. The van der Waals surface area contributed by atoms with E-state index in [1.54, 1.807) is 24.5 Å². The van der Waals surface area contributed by atoms with Crippen LogP contribution in [-0.2, 0) is 0 Å². The van der Waals surface area contributed by atoms with Crippen molar-refractivity contribution in [2.75, 3.05) is 6.54 Å². The zero-order valence-corrected chi connectivity index (χ0v) is 12.2. The molecule has 3 aromatic heterocycles. The Hall–Kier alpha value is -2.41. The van der Waals surface area contributed by atoms with Crippen molar-refractivity contribution >= 4 is 17.2 Å². The van der Waals surface area contributed by atoms with E-state index in [1.165, 1.54) is 6.20 Å². The number of aromatic nitrogens is 3. The molecule has 0 bridgehead atoms. The predicted octanol–water partition coefficient (Wildman–Crippen LogP) is 2.26. The van der Waals surface area contributed by atoms with Crippen molar-refractivity contribution < 1.29 is 9.32 Å². The zero-order chi connectivity index (χ0) is 14.7. The number of nitrogens with one attached hydrogen (secondary N) is 1. The van der Waals surface area contributed by atoms with Crippen LogP contribution in [0.1, 0.15) is 27.7 Å². The van der Waals surface area contributed by atoms with Gasteiger partial charge in [0.25, 0.3) is 5.91 Å². The normalized spacial score (nSPS) is 12.2. The minimum absolute atomic E-state index is 0.0321. The van der Waals surface area contributed by atoms with E-state index in [0.29, 0.717) is 17.9 Å². The molecule has 1 N–H and O–H groups in total. The molecule has 3 aromatic rings. The van der Waals surface area contributed by atoms with E-state index in [9.17, 15) is 4.79 Å². The monoisotopic (exact) mass is 302 g/mol. The number of carbonyl (C=O) groups excluding carboxylic acids is 1. The average molecular weight is 302 g/mol. The van der Waals surface area contributed by atoms with Gasteiger partial charge < -0.3 is 9.84 Å². The maximum absolute atomic E-state index is 12.1. The fourth-order valence-corrected chi connectivity index (χ4v) is 2.80. The van der Waals surface area contributed by atoms with E-state index in [4.69, 9.17) is 4.52 Å². The lowest BCUT2D eigenvalue weighted by molar-refractivity contribution is 0.0947. The summed E-state index contributed by atoms with van der Waals surface area (Å²) in [4.78, 5) is 12.1. The maximum Gasteiger partial charge on any atom is 0.256 e. The highest BCUT2D eigenvalue weighted by Gasteiger charge is 2.18. The second-order valence-electron chi connectivity index (χ2n) is 4.56. The van der Waals surface area contributed by atoms with Gasteiger partial charge in [0.2, 0.25) is 0 Å². The van der Waals surface area contributed by atoms with Crippen molar-refractivity contribution in [2.45, 2.75) is 13.0 Å². The molecule has 0 saturated heterocycles. The standard InChI is InChI=1S/C14H14N4O2S/c1-10-12(7-17-20-10)14(19)15-8-13(11-3-6-21-9-11)18-5-2-4-16-18/h2-7,9,13H,8H2,1H3,(H,15,19)/t13-/m1/s1. The van der Waals surface area contributed by atoms with Crippen molar-refractivity contribution in [1.82, 2.24) is 20.3 Å². The lowest BCUT2D eigenvalue weighted by Crippen LogP contribution is -2.31. The first-order valence-electron chi connectivity index (χ1n) is 6.46. The highest BCUT2D eigenvalue weighted by atomic mass is 32.1. The molecule has 3 heterocycles. The van der Waals surface area contributed by atoms with Crippen LogP contribution in [0.4, 0.5) is 0 Å². The molecule has 6 nitrogen and oxygen atoms in total. The lowest BCUT2D eigenvalue weighted by Gasteiger charge is -2.17. The van der Waals surface area contributed by atoms with Gasteiger partial charge in [-0.15, -0.1) is 0 Å². The Morgan fingerprint density at radius 3 is 3.10 bits per heavy atom. The molecule has 0 unspecified atom stereocenters. The van der Waals surface area contributed by atoms with Gasteiger partial charge in [-0.3, -0.25) is 9.48 Å². The SMILES string of the molecule is Cc1oncc1C(=O)NC[C@H](c1ccsc1)n1cccn1. The first-order chi connectivity index (χ1) is 10.3. The number of thiophene rings is 1. The molecule has 0 radical (unpaired) electrons. The Morgan fingerprint density at radius 1 is 1.57 bits per heavy atom. The summed E-state index contributed by atoms with van der Waals surface area (Å²) < 4.78 is 6.75. The maximum atomic E-state index is 12.1. The van der Waals surface area contributed by atoms with Crippen molar-refractivity contribution in [2.24, 2.45) is 0 Å². The third-order valence-electron chi connectivity index (χ3n) is 3.22. The van der Waals surface area contributed by atoms with E-state index in [-0.39, 0.29) is 11.9 Å². The van der Waals surface area contributed by atoms with Gasteiger partial charge >= 0.3 is 0 Å². The largest absolute Gasteiger partial charge is 0.361 e. The third kappa shape index (κ3) is 2.87. The Labute approximate surface area is 125 Å². The van der Waals surface area contributed by atoms with Crippen molar-refractivity contribution in [1.29, 1.82) is 0 Å². The van der Waals surface area contributed by atoms with Gasteiger partial charge in [0.05, 0.1) is 12.2 Å². The topological polar surface area (TPSA) is 73.0 Å². The van der Waals surface area contributed by atoms with E-state index in [2.05, 4.69) is 21.0 Å². The summed E-state index contributed by atoms with van der Waals surface area (Å²) in [5.41, 5.74) is 1.57. The van der Waals surface area contributed by atoms with Gasteiger partial charge in [-0.1, -0.05) is 5.16 Å². The summed E-state index contributed by atoms with van der Waals surface area (Å²) in [6.07, 6.45) is 5.04. The Balaban J connectivity index is 1.74. The van der Waals surface area contributed by atoms with Crippen molar-refractivity contribution in [3.63, 3.8) is 0 Å². The van der Waals surface area contributed by atoms with Gasteiger partial charge in [-0.25, -0.2) is 0 Å². The van der Waals surface area contributed by atoms with E-state index in [0.717, 1.165) is 5.56 Å². The van der Waals surface area contributed by atoms with Gasteiger partial charge in [-0.2, -0.15) is 16.4 Å². The van der Waals surface area contributed by atoms with Crippen molar-refractivity contribution in [3.05, 3.63) is 58.4 Å². The molecule has 0 spiro atoms. The number of carbonyl (C=O) groups is 1. The van der Waals surface area contributed by atoms with E-state index < -0.39 is 0 Å². The molecule has 0 aliphatic heterocycles. The number of hydrogen-bond acceptors (Lipinski definition) is 5. The molecule has 0 fully saturated rings. The average Bonchev–Trinajstić information content (AvgIpc) is 3.21. The molecule has 108 valence electrons. The van der Waals surface area contributed by atoms with Gasteiger partial charge in [-0.05, 0) is 35.4 Å². The summed E-state index contributed by atoms with van der Waals surface area (Å²) in [6, 6.07) is 3.87. The van der Waals surface area contributed by atoms with Crippen LogP contribution in [0.5, 0.6) is 0 Å². The summed E-state index contributed by atoms with van der Waals surface area (Å²) in [5.74, 6) is 0.319. The molecule has 0 saturated carbocycles. The van der Waals surface area contributed by atoms with Crippen LogP contribution in [0.3, 0.4) is 0 Å². The number of hydrogen-bond donors (Lipinski definition) is 1. The Morgan fingerprint density at radius 2 is 2.48 bits per heavy atom. The molecule has 0 aromatic carbocycles. The summed E-state index contributed by atoms with van der Waals surface area (Å²) >= 11 is 1.62. The first kappa shape index (κ1) is 13.6. The summed E-state index contributed by atoms with van der Waals surface area (Å²) in [7, 11) is 0. The van der Waals surface area contributed by atoms with Gasteiger partial charge in [0, 0.05) is 18.9 Å². The predicted molar refractivity (Wildman–Crippen MR) is 78.3 cm³/mol. The molecule has 3 rings (SSSR count). The van der Waals surface area contributed by atoms with Crippen LogP contribution in [0.15, 0.2) is 46.0 Å². The van der Waals surface area contributed by atoms with Crippen LogP contribution in [-0.4, -0.2) is 27.4 Å². The lowest BCUT2D eigenvalue weighted by atomic mass is 10.1. The van der Waals surface area contributed by atoms with Crippen LogP contribution in [0.25, 0.3) is 0 Å². The molecular weight excluding hydrogens is 288 g/mol. The highest BCUT2D eigenvalue weighted by Crippen LogP contribution is 2.19. The number of amides is 1. The molecule has 0 aliphatic rings. The molecule has 21 heavy (non-hydrogen) atoms. The van der Waals surface area contributed by atoms with Gasteiger partial charge in [0.15, 0.2) is 0 Å². The second-order valence-corrected chi connectivity index (χ2v) is 5.34. The minimum Gasteiger partial charge on any atom is -0.361 e. The molecule has 1 atom stereocenters. The third-order valence-corrected chi connectivity index (χ3v) is 3.92. The van der Waals surface area contributed by atoms with Crippen LogP contribution < -0.4 is 5.32 Å².